The summed E-state index contributed by atoms with van der Waals surface area (Å²) in [6, 6.07) is 15.5. The molecule has 0 aromatic heterocycles. The fourth-order valence-electron chi connectivity index (χ4n) is 6.97. The molecule has 52 heavy (non-hydrogen) atoms. The van der Waals surface area contributed by atoms with Crippen LogP contribution in [0.1, 0.15) is 66.0 Å². The minimum absolute atomic E-state index is 0.0481. The fraction of sp³-hybridized carbons (Fsp3) is 0.410. The van der Waals surface area contributed by atoms with E-state index in [-0.39, 0.29) is 49.6 Å². The van der Waals surface area contributed by atoms with Crippen molar-refractivity contribution in [3.05, 3.63) is 94.6 Å². The minimum atomic E-state index is -4.04. The van der Waals surface area contributed by atoms with Crippen LogP contribution in [0.4, 0.5) is 4.79 Å². The van der Waals surface area contributed by atoms with E-state index in [2.05, 4.69) is 51.2 Å². The summed E-state index contributed by atoms with van der Waals surface area (Å²) < 4.78 is 46.4. The number of hydrogen-bond acceptors (Lipinski definition) is 9. The van der Waals surface area contributed by atoms with Crippen LogP contribution in [-0.2, 0) is 30.7 Å². The molecule has 1 atom stereocenters. The van der Waals surface area contributed by atoms with Crippen LogP contribution in [0.2, 0.25) is 0 Å². The van der Waals surface area contributed by atoms with Crippen molar-refractivity contribution in [1.82, 2.24) is 15.4 Å². The van der Waals surface area contributed by atoms with Crippen LogP contribution in [0.5, 0.6) is 5.75 Å². The fourth-order valence-corrected chi connectivity index (χ4v) is 8.49. The van der Waals surface area contributed by atoms with Gasteiger partial charge in [0.1, 0.15) is 30.6 Å². The van der Waals surface area contributed by atoms with Gasteiger partial charge >= 0.3 is 12.1 Å². The molecule has 1 amide bonds. The largest absolute Gasteiger partial charge is 0.487 e. The second-order valence-corrected chi connectivity index (χ2v) is 15.4. The Hall–Kier alpha value is -4.88. The molecule has 3 aromatic rings. The van der Waals surface area contributed by atoms with Gasteiger partial charge in [-0.25, -0.2) is 17.9 Å². The summed E-state index contributed by atoms with van der Waals surface area (Å²) in [5.41, 5.74) is 13.0. The number of esters is 1. The molecule has 12 nitrogen and oxygen atoms in total. The highest BCUT2D eigenvalue weighted by Gasteiger charge is 2.37. The third-order valence-electron chi connectivity index (χ3n) is 9.49. The highest BCUT2D eigenvalue weighted by Crippen LogP contribution is 2.45. The Morgan fingerprint density at radius 3 is 2.33 bits per heavy atom. The van der Waals surface area contributed by atoms with Crippen LogP contribution >= 0.6 is 0 Å². The van der Waals surface area contributed by atoms with Gasteiger partial charge in [-0.1, -0.05) is 61.2 Å². The van der Waals surface area contributed by atoms with Gasteiger partial charge in [0.05, 0.1) is 4.90 Å². The Balaban J connectivity index is 1.10. The van der Waals surface area contributed by atoms with Crippen molar-refractivity contribution in [3.8, 4) is 16.9 Å². The maximum Gasteiger partial charge on any atom is 0.407 e. The van der Waals surface area contributed by atoms with Gasteiger partial charge in [0.15, 0.2) is 0 Å². The lowest BCUT2D eigenvalue weighted by Gasteiger charge is -2.19. The average Bonchev–Trinajstić information content (AvgIpc) is 3.61. The molecule has 0 saturated heterocycles. The van der Waals surface area contributed by atoms with E-state index in [0.29, 0.717) is 30.4 Å². The van der Waals surface area contributed by atoms with E-state index < -0.39 is 33.7 Å². The molecule has 3 aromatic carbocycles. The normalized spacial score (nSPS) is 15.1. The van der Waals surface area contributed by atoms with Gasteiger partial charge in [0.25, 0.3) is 10.0 Å². The highest BCUT2D eigenvalue weighted by atomic mass is 32.2. The lowest BCUT2D eigenvalue weighted by atomic mass is 9.94. The number of fused-ring (bicyclic) bond motifs is 4. The van der Waals surface area contributed by atoms with E-state index in [1.807, 2.05) is 45.0 Å². The van der Waals surface area contributed by atoms with Gasteiger partial charge in [-0.15, -0.1) is 0 Å². The van der Waals surface area contributed by atoms with E-state index in [0.717, 1.165) is 39.1 Å². The van der Waals surface area contributed by atoms with Crippen molar-refractivity contribution in [2.75, 3.05) is 32.8 Å². The van der Waals surface area contributed by atoms with E-state index in [4.69, 9.17) is 19.9 Å². The quantitative estimate of drug-likeness (QED) is 0.0557. The maximum atomic E-state index is 13.5. The van der Waals surface area contributed by atoms with Crippen LogP contribution in [0.15, 0.2) is 71.1 Å². The van der Waals surface area contributed by atoms with E-state index in [1.165, 1.54) is 6.08 Å². The summed E-state index contributed by atoms with van der Waals surface area (Å²) in [6.45, 7) is 13.8. The number of aliphatic imine (C=N–C) groups is 1. The number of benzene rings is 3. The number of hydrogen-bond donors (Lipinski definition) is 4. The third kappa shape index (κ3) is 8.59. The lowest BCUT2D eigenvalue weighted by molar-refractivity contribution is -0.145. The van der Waals surface area contributed by atoms with E-state index >= 15 is 0 Å². The molecular formula is C39H49N5O7S. The Morgan fingerprint density at radius 2 is 1.67 bits per heavy atom. The average molecular weight is 732 g/mol. The first-order valence-corrected chi connectivity index (χ1v) is 19.0. The van der Waals surface area contributed by atoms with Crippen molar-refractivity contribution < 1.29 is 32.2 Å². The number of carbonyl (C=O) groups is 2. The van der Waals surface area contributed by atoms with Crippen LogP contribution in [0.3, 0.4) is 0 Å². The first kappa shape index (κ1) is 38.4. The first-order chi connectivity index (χ1) is 24.7. The summed E-state index contributed by atoms with van der Waals surface area (Å²) in [7, 11) is -4.04. The van der Waals surface area contributed by atoms with Crippen molar-refractivity contribution >= 4 is 28.0 Å². The number of nitrogens with one attached hydrogen (secondary N) is 3. The molecule has 5 rings (SSSR count). The number of ether oxygens (including phenoxy) is 3. The smallest absolute Gasteiger partial charge is 0.407 e. The number of sulfonamides is 1. The molecule has 5 N–H and O–H groups in total. The minimum Gasteiger partial charge on any atom is -0.487 e. The van der Waals surface area contributed by atoms with Gasteiger partial charge < -0.3 is 30.6 Å². The second kappa shape index (κ2) is 16.2. The predicted molar refractivity (Wildman–Crippen MR) is 201 cm³/mol. The number of nitrogens with two attached hydrogens (primary N) is 1. The molecule has 1 aliphatic heterocycles. The number of carbonyl (C=O) groups excluding carboxylic acids is 2. The molecule has 0 unspecified atom stereocenters. The van der Waals surface area contributed by atoms with E-state index in [1.54, 1.807) is 13.8 Å². The van der Waals surface area contributed by atoms with Crippen molar-refractivity contribution in [1.29, 1.82) is 0 Å². The van der Waals surface area contributed by atoms with Gasteiger partial charge in [-0.3, -0.25) is 9.79 Å². The molecule has 0 bridgehead atoms. The molecular weight excluding hydrogens is 683 g/mol. The molecule has 1 heterocycles. The molecule has 2 aliphatic rings. The van der Waals surface area contributed by atoms with Crippen LogP contribution in [0.25, 0.3) is 11.1 Å². The zero-order valence-corrected chi connectivity index (χ0v) is 31.3. The van der Waals surface area contributed by atoms with E-state index in [9.17, 15) is 18.0 Å². The van der Waals surface area contributed by atoms with Crippen molar-refractivity contribution in [2.45, 2.75) is 76.3 Å². The molecule has 13 heteroatoms. The predicted octanol–water partition coefficient (Wildman–Crippen LogP) is 4.92. The number of rotatable bonds is 15. The van der Waals surface area contributed by atoms with Crippen LogP contribution in [0, 0.1) is 20.8 Å². The SMILES string of the molecule is C=CCOC(=O)[C@H](CCCN=C(N)NS(=O)(=O)c1c(C)c(C)c2c(c1C)CC(C)(C)O2)NCCNC(=O)OCC1c2ccccc2-c2ccccc21. The molecule has 1 aliphatic carbocycles. The molecule has 0 radical (unpaired) electrons. The molecule has 0 spiro atoms. The number of guanidine groups is 1. The van der Waals surface area contributed by atoms with Gasteiger partial charge in [0.2, 0.25) is 5.96 Å². The van der Waals surface area contributed by atoms with Crippen molar-refractivity contribution in [3.63, 3.8) is 0 Å². The van der Waals surface area contributed by atoms with Gasteiger partial charge in [-0.2, -0.15) is 0 Å². The summed E-state index contributed by atoms with van der Waals surface area (Å²) in [6.07, 6.45) is 2.23. The Morgan fingerprint density at radius 1 is 1.02 bits per heavy atom. The zero-order chi connectivity index (χ0) is 37.6. The summed E-state index contributed by atoms with van der Waals surface area (Å²) in [4.78, 5) is 29.7. The van der Waals surface area contributed by atoms with Crippen LogP contribution < -0.4 is 25.8 Å². The van der Waals surface area contributed by atoms with Gasteiger partial charge in [0, 0.05) is 37.5 Å². The maximum absolute atomic E-state index is 13.5. The Labute approximate surface area is 306 Å². The topological polar surface area (TPSA) is 170 Å². The summed E-state index contributed by atoms with van der Waals surface area (Å²) >= 11 is 0. The number of alkyl carbamates (subject to hydrolysis) is 1. The van der Waals surface area contributed by atoms with Crippen molar-refractivity contribution in [2.24, 2.45) is 10.7 Å². The zero-order valence-electron chi connectivity index (χ0n) is 30.5. The van der Waals surface area contributed by atoms with Gasteiger partial charge in [-0.05, 0) is 86.4 Å². The third-order valence-corrected chi connectivity index (χ3v) is 11.1. The number of nitrogens with zero attached hydrogens (tertiary/aromatic N) is 1. The number of amides is 1. The Bertz CT molecular complexity index is 1930. The van der Waals surface area contributed by atoms with Crippen LogP contribution in [-0.4, -0.2) is 70.9 Å². The second-order valence-electron chi connectivity index (χ2n) is 13.7. The first-order valence-electron chi connectivity index (χ1n) is 17.5. The summed E-state index contributed by atoms with van der Waals surface area (Å²) in [5.74, 6) is -0.0434. The monoisotopic (exact) mass is 731 g/mol. The molecule has 0 fully saturated rings. The Kier molecular flexibility index (Phi) is 12.0. The standard InChI is InChI=1S/C39H49N5O7S/c1-7-21-49-36(45)33(41-19-20-43-38(46)50-23-32-29-15-10-8-13-27(29)28-14-9-11-16-30(28)32)17-12-18-42-37(40)44-52(47,48)35-25(3)24(2)34-31(26(35)4)22-39(5,6)51-34/h7-11,13-16,32-33,41H,1,12,17-23H2,2-6H3,(H,43,46)(H3,40,42,44)/t33-/m0/s1. The lowest BCUT2D eigenvalue weighted by Crippen LogP contribution is -2.42. The summed E-state index contributed by atoms with van der Waals surface area (Å²) in [5, 5.41) is 5.85. The molecule has 278 valence electrons. The molecule has 0 saturated carbocycles. The highest BCUT2D eigenvalue weighted by molar-refractivity contribution is 7.90.